The fraction of sp³-hybridized carbons (Fsp3) is 0.157. The van der Waals surface area contributed by atoms with Crippen molar-refractivity contribution in [3.05, 3.63) is 419 Å². The molecular weight excluding hydrogens is 1580 g/mol. The number of hydrogen-bond donors (Lipinski definition) is 5. The van der Waals surface area contributed by atoms with Gasteiger partial charge in [-0.05, 0) is 180 Å². The van der Waals surface area contributed by atoms with Crippen molar-refractivity contribution in [1.29, 1.82) is 0 Å². The van der Waals surface area contributed by atoms with Crippen LogP contribution in [0.3, 0.4) is 0 Å². The number of carbonyl (C=O) groups is 13. The van der Waals surface area contributed by atoms with Crippen LogP contribution in [0.4, 0.5) is 28.4 Å². The first-order valence-electron chi connectivity index (χ1n) is 42.0. The lowest BCUT2D eigenvalue weighted by atomic mass is 9.82. The van der Waals surface area contributed by atoms with Gasteiger partial charge in [0.2, 0.25) is 0 Å². The summed E-state index contributed by atoms with van der Waals surface area (Å²) in [6.45, 7) is 18.9. The zero-order valence-corrected chi connectivity index (χ0v) is 71.1. The highest BCUT2D eigenvalue weighted by molar-refractivity contribution is 6.32. The van der Waals surface area contributed by atoms with Gasteiger partial charge in [0.25, 0.3) is 29.5 Å². The van der Waals surface area contributed by atoms with Crippen molar-refractivity contribution in [3.63, 3.8) is 0 Å². The monoisotopic (exact) mass is 1670 g/mol. The molecule has 0 bridgehead atoms. The molecule has 4 aliphatic carbocycles. The topological polar surface area (TPSA) is 282 Å². The Morgan fingerprint density at radius 3 is 0.968 bits per heavy atom. The van der Waals surface area contributed by atoms with Gasteiger partial charge in [-0.1, -0.05) is 238 Å². The molecule has 0 saturated heterocycles. The quantitative estimate of drug-likeness (QED) is 0.0472. The van der Waals surface area contributed by atoms with Gasteiger partial charge in [0.1, 0.15) is 0 Å². The maximum atomic E-state index is 13.0. The number of fused-ring (bicyclic) bond motifs is 9. The number of carbonyl (C=O) groups excluding carboxylic acids is 13. The third kappa shape index (κ3) is 18.1. The van der Waals surface area contributed by atoms with Gasteiger partial charge >= 0.3 is 0 Å². The van der Waals surface area contributed by atoms with Crippen LogP contribution in [0, 0.1) is 5.92 Å². The largest absolute Gasteiger partial charge is 0.322 e. The first-order chi connectivity index (χ1) is 60.7. The standard InChI is InChI=1S/C33H28N2O4.C26H21NO4.C25H21NO3.C24H21NO2/c1-4-33(2,3)22-14-12-20(13-15-22)31(38)34-23-9-7-8-21(18-23)32(39)35-24-16-17-27-28(19-24)30(37)26-11-6-5-10-25(26)29(27)36;1-3-15(2)23(28)16-8-10-17(11-9-16)26(31)27-18-12-13-21-22(14-18)25(30)20-7-5-4-6-19(20)24(21)29;1-3-15(2)16-11-13-17(14-12-16)25(29)26-21-10-6-9-20-22(21)24(28)19-8-5-4-7-18(19)23(20)27;1-3-15(2)16-11-13-17(14-12-16)24(27)25-21-10-6-9-20-22(21)18-7-4-5-8-19(18)23(20)26/h5-19H,4H2,1-3H3,(H,34,38)(H,35,39);4-15H,3H2,1-2H3,(H,27,31);4-15H,3H2,1-2H3,(H,26,29);4-15H,3H2,1-2H3,(H,25,27). The van der Waals surface area contributed by atoms with Crippen LogP contribution in [-0.2, 0) is 5.41 Å². The minimum atomic E-state index is -0.410. The first-order valence-corrected chi connectivity index (χ1v) is 42.0. The Balaban J connectivity index is 0.000000138. The summed E-state index contributed by atoms with van der Waals surface area (Å²) in [6.07, 6.45) is 3.83. The number of ketones is 8. The number of nitrogens with one attached hydrogen (secondary N) is 5. The van der Waals surface area contributed by atoms with E-state index in [1.165, 1.54) is 23.3 Å². The van der Waals surface area contributed by atoms with E-state index in [0.717, 1.165) is 42.4 Å². The molecule has 126 heavy (non-hydrogen) atoms. The van der Waals surface area contributed by atoms with Crippen LogP contribution in [0.5, 0.6) is 0 Å². The third-order valence-corrected chi connectivity index (χ3v) is 24.0. The lowest BCUT2D eigenvalue weighted by Crippen LogP contribution is -2.23. The summed E-state index contributed by atoms with van der Waals surface area (Å²) in [5.74, 6) is -2.01. The van der Waals surface area contributed by atoms with Crippen molar-refractivity contribution in [3.8, 4) is 11.1 Å². The molecule has 4 aliphatic rings. The molecule has 3 unspecified atom stereocenters. The highest BCUT2D eigenvalue weighted by Crippen LogP contribution is 2.42. The predicted molar refractivity (Wildman–Crippen MR) is 491 cm³/mol. The SMILES string of the molecule is CCC(C)(C)c1ccc(C(=O)Nc2cccc(C(=O)Nc3ccc4c(c3)C(=O)c3ccccc3C4=O)c2)cc1.CCC(C)C(=O)c1ccc(C(=O)Nc2ccc3c(c2)C(=O)c2ccccc2C3=O)cc1.CCC(C)c1ccc(C(=O)Nc2cccc3c2-c2ccccc2C3=O)cc1.CCC(C)c1ccc(C(=O)Nc2cccc3c2C(=O)c2ccccc2C3=O)cc1. The molecule has 5 amide bonds. The lowest BCUT2D eigenvalue weighted by Gasteiger charge is -2.23. The third-order valence-electron chi connectivity index (χ3n) is 24.0. The van der Waals surface area contributed by atoms with Gasteiger partial charge in [0.05, 0.1) is 11.3 Å². The van der Waals surface area contributed by atoms with Crippen LogP contribution < -0.4 is 26.6 Å². The van der Waals surface area contributed by atoms with E-state index in [9.17, 15) is 62.3 Å². The Bertz CT molecular complexity index is 6600. The molecule has 13 aromatic rings. The Kier molecular flexibility index (Phi) is 25.9. The molecule has 3 atom stereocenters. The van der Waals surface area contributed by atoms with Gasteiger partial charge in [-0.25, -0.2) is 0 Å². The minimum absolute atomic E-state index is 0.00889. The summed E-state index contributed by atoms with van der Waals surface area (Å²) in [4.78, 5) is 166. The number of benzene rings is 13. The predicted octanol–water partition coefficient (Wildman–Crippen LogP) is 22.5. The second-order valence-electron chi connectivity index (χ2n) is 32.2. The molecule has 0 saturated carbocycles. The molecule has 5 N–H and O–H groups in total. The molecule has 18 nitrogen and oxygen atoms in total. The minimum Gasteiger partial charge on any atom is -0.322 e. The smallest absolute Gasteiger partial charge is 0.255 e. The van der Waals surface area contributed by atoms with E-state index in [1.54, 1.807) is 188 Å². The molecule has 0 fully saturated rings. The summed E-state index contributed by atoms with van der Waals surface area (Å²) in [5, 5.41) is 14.2. The van der Waals surface area contributed by atoms with Gasteiger partial charge in [-0.3, -0.25) is 62.3 Å². The van der Waals surface area contributed by atoms with Crippen LogP contribution in [0.1, 0.15) is 290 Å². The van der Waals surface area contributed by atoms with E-state index in [0.29, 0.717) is 135 Å². The Hall–Kier alpha value is -15.4. The van der Waals surface area contributed by atoms with Gasteiger partial charge in [-0.15, -0.1) is 0 Å². The molecule has 626 valence electrons. The molecular formula is C108H91N5O13. The summed E-state index contributed by atoms with van der Waals surface area (Å²) in [7, 11) is 0. The van der Waals surface area contributed by atoms with Crippen molar-refractivity contribution in [2.75, 3.05) is 26.6 Å². The van der Waals surface area contributed by atoms with E-state index >= 15 is 0 Å². The molecule has 13 aromatic carbocycles. The second-order valence-corrected chi connectivity index (χ2v) is 32.2. The van der Waals surface area contributed by atoms with Crippen LogP contribution in [-0.4, -0.2) is 75.8 Å². The van der Waals surface area contributed by atoms with Crippen molar-refractivity contribution in [1.82, 2.24) is 0 Å². The fourth-order valence-corrected chi connectivity index (χ4v) is 15.5. The number of Topliss-reactive ketones (excluding diaryl/α,β-unsaturated/α-hetero) is 1. The summed E-state index contributed by atoms with van der Waals surface area (Å²) >= 11 is 0. The van der Waals surface area contributed by atoms with Gasteiger partial charge in [0.15, 0.2) is 46.3 Å². The summed E-state index contributed by atoms with van der Waals surface area (Å²) in [6, 6.07) is 83.5. The molecule has 17 rings (SSSR count). The summed E-state index contributed by atoms with van der Waals surface area (Å²) in [5.41, 5.74) is 15.9. The maximum absolute atomic E-state index is 13.0. The number of anilines is 5. The fourth-order valence-electron chi connectivity index (χ4n) is 15.5. The molecule has 0 radical (unpaired) electrons. The van der Waals surface area contributed by atoms with E-state index < -0.39 is 5.91 Å². The Labute approximate surface area is 730 Å². The molecule has 0 aromatic heterocycles. The first kappa shape index (κ1) is 86.9. The molecule has 0 spiro atoms. The zero-order valence-electron chi connectivity index (χ0n) is 71.1. The second kappa shape index (κ2) is 37.5. The van der Waals surface area contributed by atoms with E-state index in [1.807, 2.05) is 105 Å². The normalized spacial score (nSPS) is 13.0. The lowest BCUT2D eigenvalue weighted by molar-refractivity contribution is 0.0923. The van der Waals surface area contributed by atoms with Crippen molar-refractivity contribution in [2.24, 2.45) is 5.92 Å². The van der Waals surface area contributed by atoms with Crippen LogP contribution in [0.15, 0.2) is 291 Å². The van der Waals surface area contributed by atoms with E-state index in [-0.39, 0.29) is 97.9 Å². The van der Waals surface area contributed by atoms with E-state index in [2.05, 4.69) is 75.1 Å². The number of rotatable bonds is 19. The van der Waals surface area contributed by atoms with Crippen LogP contribution in [0.2, 0.25) is 0 Å². The van der Waals surface area contributed by atoms with E-state index in [4.69, 9.17) is 0 Å². The number of hydrogen-bond acceptors (Lipinski definition) is 13. The molecule has 0 aliphatic heterocycles. The summed E-state index contributed by atoms with van der Waals surface area (Å²) < 4.78 is 0. The zero-order chi connectivity index (χ0) is 89.4. The van der Waals surface area contributed by atoms with Crippen molar-refractivity contribution < 1.29 is 62.3 Å². The van der Waals surface area contributed by atoms with Crippen LogP contribution in [0.25, 0.3) is 11.1 Å². The van der Waals surface area contributed by atoms with Crippen LogP contribution >= 0.6 is 0 Å². The number of amides is 5. The Morgan fingerprint density at radius 1 is 0.262 bits per heavy atom. The van der Waals surface area contributed by atoms with Gasteiger partial charge in [0, 0.05) is 140 Å². The van der Waals surface area contributed by atoms with Gasteiger partial charge < -0.3 is 26.6 Å². The molecule has 0 heterocycles. The average Bonchev–Trinajstić information content (AvgIpc) is 1.75. The van der Waals surface area contributed by atoms with Crippen molar-refractivity contribution in [2.45, 2.75) is 105 Å². The Morgan fingerprint density at radius 2 is 0.563 bits per heavy atom. The average molecular weight is 1670 g/mol. The highest BCUT2D eigenvalue weighted by atomic mass is 16.2. The van der Waals surface area contributed by atoms with Gasteiger partial charge in [-0.2, -0.15) is 0 Å². The maximum Gasteiger partial charge on any atom is 0.255 e. The molecule has 18 heteroatoms. The van der Waals surface area contributed by atoms with Crippen molar-refractivity contribution >= 4 is 104 Å². The highest BCUT2D eigenvalue weighted by Gasteiger charge is 2.35.